The highest BCUT2D eigenvalue weighted by molar-refractivity contribution is 5.79. The number of amides is 1. The summed E-state index contributed by atoms with van der Waals surface area (Å²) in [5.41, 5.74) is 3.67. The largest absolute Gasteiger partial charge is 0.332 e. The van der Waals surface area contributed by atoms with Gasteiger partial charge >= 0.3 is 5.69 Å². The number of unbranched alkanes of at least 4 members (excludes halogenated alkanes) is 1. The highest BCUT2D eigenvalue weighted by Gasteiger charge is 2.29. The van der Waals surface area contributed by atoms with Crippen LogP contribution in [0.5, 0.6) is 0 Å². The Bertz CT molecular complexity index is 1220. The van der Waals surface area contributed by atoms with E-state index in [0.717, 1.165) is 29.5 Å². The zero-order valence-electron chi connectivity index (χ0n) is 17.1. The van der Waals surface area contributed by atoms with Crippen molar-refractivity contribution in [3.63, 3.8) is 0 Å². The first kappa shape index (κ1) is 19.9. The van der Waals surface area contributed by atoms with E-state index in [-0.39, 0.29) is 0 Å². The van der Waals surface area contributed by atoms with Gasteiger partial charge in [-0.3, -0.25) is 19.6 Å². The number of aromatic nitrogens is 4. The fourth-order valence-corrected chi connectivity index (χ4v) is 3.87. The molecule has 4 rings (SSSR count). The highest BCUT2D eigenvalue weighted by Crippen LogP contribution is 2.31. The van der Waals surface area contributed by atoms with Gasteiger partial charge in [-0.05, 0) is 30.5 Å². The van der Waals surface area contributed by atoms with E-state index in [1.165, 1.54) is 17.2 Å². The summed E-state index contributed by atoms with van der Waals surface area (Å²) < 4.78 is 3.97. The van der Waals surface area contributed by atoms with Crippen molar-refractivity contribution in [2.75, 3.05) is 11.4 Å². The van der Waals surface area contributed by atoms with Crippen LogP contribution in [0.25, 0.3) is 11.2 Å². The summed E-state index contributed by atoms with van der Waals surface area (Å²) >= 11 is 0. The van der Waals surface area contributed by atoms with Gasteiger partial charge in [-0.25, -0.2) is 15.2 Å². The summed E-state index contributed by atoms with van der Waals surface area (Å²) in [6.45, 7) is 2.95. The van der Waals surface area contributed by atoms with Crippen molar-refractivity contribution >= 4 is 28.7 Å². The lowest BCUT2D eigenvalue weighted by Gasteiger charge is -2.16. The Balaban J connectivity index is 1.78. The minimum Gasteiger partial charge on any atom is -0.310 e. The molecule has 158 valence electrons. The number of carbonyl (C=O) groups excluding carboxylic acids is 1. The van der Waals surface area contributed by atoms with Gasteiger partial charge in [0.2, 0.25) is 5.95 Å². The van der Waals surface area contributed by atoms with Crippen LogP contribution in [0.2, 0.25) is 0 Å². The van der Waals surface area contributed by atoms with Crippen LogP contribution in [-0.2, 0) is 31.4 Å². The second kappa shape index (κ2) is 7.79. The van der Waals surface area contributed by atoms with Crippen molar-refractivity contribution in [2.24, 2.45) is 12.9 Å². The molecule has 0 fully saturated rings. The summed E-state index contributed by atoms with van der Waals surface area (Å²) in [5, 5.41) is 0. The molecule has 0 unspecified atom stereocenters. The zero-order chi connectivity index (χ0) is 21.4. The minimum atomic E-state index is -0.625. The van der Waals surface area contributed by atoms with Crippen molar-refractivity contribution in [1.29, 1.82) is 0 Å². The van der Waals surface area contributed by atoms with Gasteiger partial charge in [0.15, 0.2) is 11.2 Å². The fraction of sp³-hybridized carbons (Fsp3) is 0.400. The number of benzene rings is 1. The van der Waals surface area contributed by atoms with Gasteiger partial charge in [0.25, 0.3) is 11.5 Å². The van der Waals surface area contributed by atoms with E-state index >= 15 is 0 Å². The number of nitrogens with one attached hydrogen (secondary N) is 1. The Hall–Kier alpha value is -3.40. The molecule has 1 aliphatic heterocycles. The molecular formula is C20H25N7O3. The molecule has 1 amide bonds. The predicted molar refractivity (Wildman–Crippen MR) is 114 cm³/mol. The van der Waals surface area contributed by atoms with E-state index in [1.807, 2.05) is 10.3 Å². The summed E-state index contributed by atoms with van der Waals surface area (Å²) in [7, 11) is 1.54. The number of anilines is 2. The molecule has 3 aromatic rings. The Morgan fingerprint density at radius 3 is 2.60 bits per heavy atom. The Morgan fingerprint density at radius 1 is 1.20 bits per heavy atom. The molecule has 10 nitrogen and oxygen atoms in total. The van der Waals surface area contributed by atoms with Gasteiger partial charge in [-0.2, -0.15) is 4.98 Å². The Morgan fingerprint density at radius 2 is 1.93 bits per heavy atom. The smallest absolute Gasteiger partial charge is 0.310 e. The number of hydrogen-bond acceptors (Lipinski definition) is 6. The number of hydrogen-bond donors (Lipinski definition) is 2. The first-order valence-electron chi connectivity index (χ1n) is 10.0. The van der Waals surface area contributed by atoms with Crippen LogP contribution in [0.15, 0.2) is 33.9 Å². The third kappa shape index (κ3) is 3.18. The van der Waals surface area contributed by atoms with Crippen molar-refractivity contribution < 1.29 is 4.79 Å². The van der Waals surface area contributed by atoms with Crippen LogP contribution in [0.3, 0.4) is 0 Å². The molecule has 1 aromatic carbocycles. The summed E-state index contributed by atoms with van der Waals surface area (Å²) in [4.78, 5) is 43.9. The average molecular weight is 411 g/mol. The van der Waals surface area contributed by atoms with Crippen LogP contribution in [-0.4, -0.2) is 31.1 Å². The number of aryl methyl sites for hydroxylation is 2. The Kier molecular flexibility index (Phi) is 5.17. The normalized spacial score (nSPS) is 13.1. The molecule has 3 heterocycles. The number of imidazole rings is 1. The lowest BCUT2D eigenvalue weighted by atomic mass is 10.1. The summed E-state index contributed by atoms with van der Waals surface area (Å²) in [5.74, 6) is 5.10. The van der Waals surface area contributed by atoms with Crippen LogP contribution >= 0.6 is 0 Å². The molecule has 1 aliphatic rings. The number of carbonyl (C=O) groups is 1. The van der Waals surface area contributed by atoms with Gasteiger partial charge in [0.1, 0.15) is 6.54 Å². The second-order valence-corrected chi connectivity index (χ2v) is 7.46. The minimum absolute atomic E-state index is 0.300. The molecule has 0 saturated heterocycles. The van der Waals surface area contributed by atoms with Crippen molar-refractivity contribution in [2.45, 2.75) is 39.3 Å². The Labute approximate surface area is 172 Å². The van der Waals surface area contributed by atoms with E-state index in [0.29, 0.717) is 30.2 Å². The molecule has 0 spiro atoms. The maximum absolute atomic E-state index is 13.0. The first-order valence-corrected chi connectivity index (χ1v) is 10.0. The molecule has 0 atom stereocenters. The standard InChI is InChI=1S/C20H25N7O3/c1-3-4-5-13-6-8-14(9-7-13)25-10-11-26-16-17(22-19(25)26)24(2)20(30)27(18(16)29)12-15(28)23-21/h6-9H,3-5,10-12,21H2,1-2H3,(H,23,28). The lowest BCUT2D eigenvalue weighted by molar-refractivity contribution is -0.121. The molecular weight excluding hydrogens is 386 g/mol. The molecule has 0 radical (unpaired) electrons. The quantitative estimate of drug-likeness (QED) is 0.344. The second-order valence-electron chi connectivity index (χ2n) is 7.46. The van der Waals surface area contributed by atoms with Crippen molar-refractivity contribution in [3.05, 3.63) is 50.7 Å². The monoisotopic (exact) mass is 411 g/mol. The molecule has 10 heteroatoms. The van der Waals surface area contributed by atoms with Gasteiger partial charge in [-0.15, -0.1) is 0 Å². The number of hydrazine groups is 1. The van der Waals surface area contributed by atoms with Gasteiger partial charge in [0.05, 0.1) is 0 Å². The number of nitrogens with two attached hydrogens (primary N) is 1. The van der Waals surface area contributed by atoms with Crippen molar-refractivity contribution in [1.82, 2.24) is 24.1 Å². The van der Waals surface area contributed by atoms with Gasteiger partial charge < -0.3 is 9.47 Å². The van der Waals surface area contributed by atoms with E-state index in [1.54, 1.807) is 4.57 Å². The number of rotatable bonds is 6. The van der Waals surface area contributed by atoms with E-state index in [9.17, 15) is 14.4 Å². The fourth-order valence-electron chi connectivity index (χ4n) is 3.87. The van der Waals surface area contributed by atoms with E-state index < -0.39 is 23.7 Å². The first-order chi connectivity index (χ1) is 14.5. The molecule has 2 aromatic heterocycles. The third-order valence-corrected chi connectivity index (χ3v) is 5.53. The highest BCUT2D eigenvalue weighted by atomic mass is 16.2. The van der Waals surface area contributed by atoms with Gasteiger partial charge in [0, 0.05) is 25.8 Å². The SMILES string of the molecule is CCCCc1ccc(N2CCn3c2nc2c3c(=O)n(CC(=O)NN)c(=O)n2C)cc1. The maximum atomic E-state index is 13.0. The summed E-state index contributed by atoms with van der Waals surface area (Å²) in [6.07, 6.45) is 3.36. The molecule has 0 saturated carbocycles. The van der Waals surface area contributed by atoms with Crippen LogP contribution < -0.4 is 27.4 Å². The molecule has 30 heavy (non-hydrogen) atoms. The topological polar surface area (TPSA) is 120 Å². The third-order valence-electron chi connectivity index (χ3n) is 5.53. The van der Waals surface area contributed by atoms with Crippen LogP contribution in [0.1, 0.15) is 25.3 Å². The average Bonchev–Trinajstić information content (AvgIpc) is 3.33. The molecule has 0 aliphatic carbocycles. The van der Waals surface area contributed by atoms with E-state index in [2.05, 4.69) is 36.2 Å². The van der Waals surface area contributed by atoms with Crippen molar-refractivity contribution in [3.8, 4) is 0 Å². The van der Waals surface area contributed by atoms with Gasteiger partial charge in [-0.1, -0.05) is 25.5 Å². The van der Waals surface area contributed by atoms with Crippen LogP contribution in [0, 0.1) is 0 Å². The van der Waals surface area contributed by atoms with E-state index in [4.69, 9.17) is 5.84 Å². The zero-order valence-corrected chi connectivity index (χ0v) is 17.1. The van der Waals surface area contributed by atoms with Crippen LogP contribution in [0.4, 0.5) is 11.6 Å². The number of nitrogens with zero attached hydrogens (tertiary/aromatic N) is 5. The molecule has 0 bridgehead atoms. The molecule has 3 N–H and O–H groups in total. The number of fused-ring (bicyclic) bond motifs is 3. The predicted octanol–water partition coefficient (Wildman–Crippen LogP) is 0.381. The maximum Gasteiger partial charge on any atom is 0.332 e. The lowest BCUT2D eigenvalue weighted by Crippen LogP contribution is -2.44. The summed E-state index contributed by atoms with van der Waals surface area (Å²) in [6, 6.07) is 8.35.